The van der Waals surface area contributed by atoms with E-state index in [1.54, 1.807) is 17.5 Å². The molecule has 2 aromatic heterocycles. The number of anilines is 1. The first-order chi connectivity index (χ1) is 10.1. The molecular formula is C13H12ClN3O3S. The van der Waals surface area contributed by atoms with Crippen LogP contribution in [0.1, 0.15) is 28.9 Å². The number of nitrogens with zero attached hydrogens (tertiary/aromatic N) is 2. The molecule has 1 amide bonds. The summed E-state index contributed by atoms with van der Waals surface area (Å²) < 4.78 is 0. The van der Waals surface area contributed by atoms with Gasteiger partial charge in [-0.1, -0.05) is 11.6 Å². The molecular weight excluding hydrogens is 314 g/mol. The maximum absolute atomic E-state index is 12.0. The first-order valence-electron chi connectivity index (χ1n) is 6.14. The number of amides is 1. The number of hydrogen-bond acceptors (Lipinski definition) is 5. The molecule has 0 atom stereocenters. The van der Waals surface area contributed by atoms with E-state index in [9.17, 15) is 9.59 Å². The lowest BCUT2D eigenvalue weighted by atomic mass is 10.2. The fraction of sp³-hybridized carbons (Fsp3) is 0.231. The second-order valence-corrected chi connectivity index (χ2v) is 5.40. The topological polar surface area (TPSA) is 92.2 Å². The van der Waals surface area contributed by atoms with Crippen molar-refractivity contribution in [1.82, 2.24) is 9.97 Å². The van der Waals surface area contributed by atoms with Gasteiger partial charge in [-0.15, -0.1) is 11.3 Å². The van der Waals surface area contributed by atoms with Gasteiger partial charge in [-0.2, -0.15) is 0 Å². The summed E-state index contributed by atoms with van der Waals surface area (Å²) in [4.78, 5) is 30.5. The highest BCUT2D eigenvalue weighted by Crippen LogP contribution is 2.19. The van der Waals surface area contributed by atoms with Crippen LogP contribution in [0.25, 0.3) is 0 Å². The van der Waals surface area contributed by atoms with Crippen LogP contribution in [-0.2, 0) is 11.2 Å². The smallest absolute Gasteiger partial charge is 0.303 e. The molecule has 0 bridgehead atoms. The van der Waals surface area contributed by atoms with Crippen LogP contribution in [0.3, 0.4) is 0 Å². The second kappa shape index (κ2) is 7.14. The number of carbonyl (C=O) groups is 2. The lowest BCUT2D eigenvalue weighted by molar-refractivity contribution is -0.137. The maximum atomic E-state index is 12.0. The second-order valence-electron chi connectivity index (χ2n) is 4.19. The highest BCUT2D eigenvalue weighted by Gasteiger charge is 2.12. The van der Waals surface area contributed by atoms with Crippen molar-refractivity contribution in [3.8, 4) is 0 Å². The van der Waals surface area contributed by atoms with Gasteiger partial charge in [0, 0.05) is 18.0 Å². The number of nitrogens with one attached hydrogen (secondary N) is 1. The van der Waals surface area contributed by atoms with Gasteiger partial charge >= 0.3 is 5.97 Å². The van der Waals surface area contributed by atoms with E-state index in [2.05, 4.69) is 15.3 Å². The fourth-order valence-corrected chi connectivity index (χ4v) is 2.56. The van der Waals surface area contributed by atoms with Crippen molar-refractivity contribution < 1.29 is 14.7 Å². The Labute approximate surface area is 129 Å². The van der Waals surface area contributed by atoms with Crippen LogP contribution in [0.2, 0.25) is 5.15 Å². The van der Waals surface area contributed by atoms with Crippen LogP contribution >= 0.6 is 22.9 Å². The van der Waals surface area contributed by atoms with Crippen molar-refractivity contribution in [3.05, 3.63) is 40.1 Å². The van der Waals surface area contributed by atoms with Gasteiger partial charge in [0.2, 0.25) is 0 Å². The molecule has 2 N–H and O–H groups in total. The van der Waals surface area contributed by atoms with Crippen molar-refractivity contribution in [2.75, 3.05) is 5.32 Å². The Kier molecular flexibility index (Phi) is 5.24. The van der Waals surface area contributed by atoms with E-state index >= 15 is 0 Å². The highest BCUT2D eigenvalue weighted by molar-refractivity contribution is 7.14. The molecule has 6 nitrogen and oxygen atoms in total. The number of aryl methyl sites for hydroxylation is 1. The molecule has 2 aromatic rings. The first-order valence-corrected chi connectivity index (χ1v) is 7.40. The molecule has 0 spiro atoms. The van der Waals surface area contributed by atoms with Crippen molar-refractivity contribution >= 4 is 39.9 Å². The van der Waals surface area contributed by atoms with E-state index in [1.165, 1.54) is 17.5 Å². The molecule has 2 heterocycles. The average Bonchev–Trinajstić information content (AvgIpc) is 2.86. The van der Waals surface area contributed by atoms with E-state index in [-0.39, 0.29) is 23.0 Å². The standard InChI is InChI=1S/C13H12ClN3O3S/c14-11-9(4-2-6-15-11)12(20)17-13-16-8(7-21-13)3-1-5-10(18)19/h2,4,6-7H,1,3,5H2,(H,18,19)(H,16,17,20). The number of hydrogen-bond donors (Lipinski definition) is 2. The number of thiazole rings is 1. The number of carboxylic acids is 1. The van der Waals surface area contributed by atoms with E-state index in [4.69, 9.17) is 16.7 Å². The predicted molar refractivity (Wildman–Crippen MR) is 79.9 cm³/mol. The number of halogens is 1. The quantitative estimate of drug-likeness (QED) is 0.797. The van der Waals surface area contributed by atoms with E-state index in [0.29, 0.717) is 18.0 Å². The Balaban J connectivity index is 1.95. The third-order valence-electron chi connectivity index (χ3n) is 2.60. The van der Waals surface area contributed by atoms with Crippen LogP contribution in [-0.4, -0.2) is 27.0 Å². The zero-order valence-electron chi connectivity index (χ0n) is 10.9. The third kappa shape index (κ3) is 4.51. The van der Waals surface area contributed by atoms with Crippen LogP contribution in [0.5, 0.6) is 0 Å². The molecule has 0 saturated heterocycles. The van der Waals surface area contributed by atoms with Gasteiger partial charge in [0.15, 0.2) is 5.13 Å². The number of rotatable bonds is 6. The van der Waals surface area contributed by atoms with Crippen molar-refractivity contribution in [2.24, 2.45) is 0 Å². The molecule has 0 aliphatic carbocycles. The number of aliphatic carboxylic acids is 1. The fourth-order valence-electron chi connectivity index (χ4n) is 1.62. The summed E-state index contributed by atoms with van der Waals surface area (Å²) in [5.41, 5.74) is 1.04. The zero-order valence-corrected chi connectivity index (χ0v) is 12.4. The monoisotopic (exact) mass is 325 g/mol. The molecule has 2 rings (SSSR count). The third-order valence-corrected chi connectivity index (χ3v) is 3.71. The molecule has 8 heteroatoms. The summed E-state index contributed by atoms with van der Waals surface area (Å²) >= 11 is 7.13. The van der Waals surface area contributed by atoms with Crippen LogP contribution in [0.4, 0.5) is 5.13 Å². The van der Waals surface area contributed by atoms with Gasteiger partial charge in [-0.3, -0.25) is 14.9 Å². The summed E-state index contributed by atoms with van der Waals surface area (Å²) in [6.07, 6.45) is 2.68. The molecule has 110 valence electrons. The van der Waals surface area contributed by atoms with Gasteiger partial charge < -0.3 is 5.11 Å². The molecule has 0 aliphatic heterocycles. The van der Waals surface area contributed by atoms with Crippen molar-refractivity contribution in [1.29, 1.82) is 0 Å². The molecule has 0 radical (unpaired) electrons. The number of aromatic nitrogens is 2. The SMILES string of the molecule is O=C(O)CCCc1csc(NC(=O)c2cccnc2Cl)n1. The minimum Gasteiger partial charge on any atom is -0.481 e. The summed E-state index contributed by atoms with van der Waals surface area (Å²) in [5, 5.41) is 13.6. The lowest BCUT2D eigenvalue weighted by Gasteiger charge is -2.02. The Bertz CT molecular complexity index is 660. The maximum Gasteiger partial charge on any atom is 0.303 e. The van der Waals surface area contributed by atoms with E-state index in [1.807, 2.05) is 0 Å². The van der Waals surface area contributed by atoms with Gasteiger partial charge in [0.25, 0.3) is 5.91 Å². The zero-order chi connectivity index (χ0) is 15.2. The van der Waals surface area contributed by atoms with Gasteiger partial charge in [-0.25, -0.2) is 9.97 Å². The van der Waals surface area contributed by atoms with Crippen molar-refractivity contribution in [3.63, 3.8) is 0 Å². The minimum absolute atomic E-state index is 0.102. The summed E-state index contributed by atoms with van der Waals surface area (Å²) in [6, 6.07) is 3.20. The average molecular weight is 326 g/mol. The molecule has 21 heavy (non-hydrogen) atoms. The minimum atomic E-state index is -0.829. The Morgan fingerprint density at radius 2 is 2.24 bits per heavy atom. The molecule has 0 fully saturated rings. The van der Waals surface area contributed by atoms with Crippen LogP contribution in [0, 0.1) is 0 Å². The van der Waals surface area contributed by atoms with Crippen LogP contribution < -0.4 is 5.32 Å². The van der Waals surface area contributed by atoms with E-state index < -0.39 is 5.97 Å². The number of carbonyl (C=O) groups excluding carboxylic acids is 1. The lowest BCUT2D eigenvalue weighted by Crippen LogP contribution is -2.12. The normalized spacial score (nSPS) is 10.3. The van der Waals surface area contributed by atoms with Gasteiger partial charge in [-0.05, 0) is 25.0 Å². The Morgan fingerprint density at radius 3 is 2.95 bits per heavy atom. The van der Waals surface area contributed by atoms with Crippen LogP contribution in [0.15, 0.2) is 23.7 Å². The number of pyridine rings is 1. The molecule has 0 aromatic carbocycles. The Hall–Kier alpha value is -1.99. The highest BCUT2D eigenvalue weighted by atomic mass is 35.5. The number of carboxylic acid groups (broad SMARTS) is 1. The van der Waals surface area contributed by atoms with E-state index in [0.717, 1.165) is 5.69 Å². The van der Waals surface area contributed by atoms with Gasteiger partial charge in [0.1, 0.15) is 5.15 Å². The summed E-state index contributed by atoms with van der Waals surface area (Å²) in [6.45, 7) is 0. The summed E-state index contributed by atoms with van der Waals surface area (Å²) in [5.74, 6) is -1.20. The Morgan fingerprint density at radius 1 is 1.43 bits per heavy atom. The molecule has 0 aliphatic rings. The van der Waals surface area contributed by atoms with Crippen molar-refractivity contribution in [2.45, 2.75) is 19.3 Å². The first kappa shape index (κ1) is 15.4. The molecule has 0 saturated carbocycles. The largest absolute Gasteiger partial charge is 0.481 e. The summed E-state index contributed by atoms with van der Waals surface area (Å²) in [7, 11) is 0. The predicted octanol–water partition coefficient (Wildman–Crippen LogP) is 2.85. The van der Waals surface area contributed by atoms with Gasteiger partial charge in [0.05, 0.1) is 11.3 Å². The molecule has 0 unspecified atom stereocenters.